The Kier molecular flexibility index (Phi) is 9.42. The molecule has 198 valence electrons. The molecule has 0 aromatic heterocycles. The zero-order valence-electron chi connectivity index (χ0n) is 21.8. The summed E-state index contributed by atoms with van der Waals surface area (Å²) >= 11 is 13.5. The Hall–Kier alpha value is -2.93. The Balaban J connectivity index is 1.59. The highest BCUT2D eigenvalue weighted by molar-refractivity contribution is 8.18. The second kappa shape index (κ2) is 12.7. The molecule has 38 heavy (non-hydrogen) atoms. The Bertz CT molecular complexity index is 1370. The zero-order valence-corrected chi connectivity index (χ0v) is 24.2. The number of aliphatic imine (C=N–C) groups is 1. The van der Waals surface area contributed by atoms with Crippen LogP contribution in [0.25, 0.3) is 6.08 Å². The molecule has 1 atom stereocenters. The summed E-state index contributed by atoms with van der Waals surface area (Å²) in [5.41, 5.74) is 3.72. The lowest BCUT2D eigenvalue weighted by Crippen LogP contribution is -2.36. The van der Waals surface area contributed by atoms with Gasteiger partial charge in [0.1, 0.15) is 6.61 Å². The molecule has 0 unspecified atom stereocenters. The highest BCUT2D eigenvalue weighted by Crippen LogP contribution is 2.37. The fourth-order valence-electron chi connectivity index (χ4n) is 3.81. The van der Waals surface area contributed by atoms with E-state index in [1.807, 2.05) is 75.4 Å². The van der Waals surface area contributed by atoms with Crippen molar-refractivity contribution in [3.05, 3.63) is 92.3 Å². The number of amides is 1. The topological polar surface area (TPSA) is 51.1 Å². The van der Waals surface area contributed by atoms with Crippen LogP contribution in [0.3, 0.4) is 0 Å². The summed E-state index contributed by atoms with van der Waals surface area (Å²) in [5, 5.41) is 1.67. The first kappa shape index (κ1) is 28.1. The van der Waals surface area contributed by atoms with Crippen molar-refractivity contribution in [3.8, 4) is 11.5 Å². The average Bonchev–Trinajstić information content (AvgIpc) is 3.20. The lowest BCUT2D eigenvalue weighted by atomic mass is 10.1. The van der Waals surface area contributed by atoms with Gasteiger partial charge in [0.2, 0.25) is 0 Å². The number of rotatable bonds is 9. The molecule has 3 aromatic rings. The van der Waals surface area contributed by atoms with Gasteiger partial charge in [-0.15, -0.1) is 0 Å². The highest BCUT2D eigenvalue weighted by atomic mass is 35.5. The van der Waals surface area contributed by atoms with Crippen molar-refractivity contribution >= 4 is 57.8 Å². The van der Waals surface area contributed by atoms with E-state index in [1.54, 1.807) is 17.0 Å². The summed E-state index contributed by atoms with van der Waals surface area (Å²) in [6.45, 7) is 8.86. The van der Waals surface area contributed by atoms with E-state index < -0.39 is 0 Å². The number of aryl methyl sites for hydroxylation is 1. The number of ether oxygens (including phenoxy) is 2. The van der Waals surface area contributed by atoms with Crippen LogP contribution in [0.15, 0.2) is 70.6 Å². The molecule has 0 bridgehead atoms. The van der Waals surface area contributed by atoms with Crippen LogP contribution in [-0.2, 0) is 11.4 Å². The Morgan fingerprint density at radius 2 is 1.74 bits per heavy atom. The number of hydrogen-bond donors (Lipinski definition) is 0. The van der Waals surface area contributed by atoms with Crippen LogP contribution >= 0.6 is 35.0 Å². The molecule has 0 aliphatic carbocycles. The molecule has 0 radical (unpaired) electrons. The number of hydrogen-bond acceptors (Lipinski definition) is 5. The molecule has 1 aliphatic heterocycles. The third-order valence-corrected chi connectivity index (χ3v) is 7.79. The van der Waals surface area contributed by atoms with Gasteiger partial charge in [-0.2, -0.15) is 0 Å². The van der Waals surface area contributed by atoms with Gasteiger partial charge < -0.3 is 9.47 Å². The van der Waals surface area contributed by atoms with Crippen LogP contribution in [0.1, 0.15) is 43.9 Å². The van der Waals surface area contributed by atoms with Crippen LogP contribution in [0, 0.1) is 6.92 Å². The van der Waals surface area contributed by atoms with Crippen LogP contribution < -0.4 is 9.47 Å². The van der Waals surface area contributed by atoms with Gasteiger partial charge in [-0.3, -0.25) is 9.69 Å². The minimum absolute atomic E-state index is 0.0289. The smallest absolute Gasteiger partial charge is 0.266 e. The predicted octanol–water partition coefficient (Wildman–Crippen LogP) is 8.68. The molecule has 1 amide bonds. The molecule has 0 saturated carbocycles. The second-order valence-electron chi connectivity index (χ2n) is 8.95. The third kappa shape index (κ3) is 6.73. The van der Waals surface area contributed by atoms with Gasteiger partial charge in [0.25, 0.3) is 5.91 Å². The zero-order chi connectivity index (χ0) is 27.2. The molecule has 8 heteroatoms. The second-order valence-corrected chi connectivity index (χ2v) is 10.8. The molecule has 3 aromatic carbocycles. The summed E-state index contributed by atoms with van der Waals surface area (Å²) in [5.74, 6) is 1.16. The standard InChI is InChI=1S/C30H30Cl2N2O3S/c1-5-20(4)34-29(35)28(38-30(34)33-23-11-7-19(3)8-12-23)17-21-10-14-26(27(16-21)36-6-2)37-18-22-9-13-24(31)25(32)15-22/h7-17,20H,5-6,18H2,1-4H3/b28-17+,33-30?/t20-/m0/s1. The van der Waals surface area contributed by atoms with Crippen molar-refractivity contribution in [2.45, 2.75) is 46.8 Å². The number of thioether (sulfide) groups is 1. The average molecular weight is 570 g/mol. The summed E-state index contributed by atoms with van der Waals surface area (Å²) in [4.78, 5) is 20.6. The molecule has 1 fully saturated rings. The fourth-order valence-corrected chi connectivity index (χ4v) is 5.22. The van der Waals surface area contributed by atoms with E-state index in [-0.39, 0.29) is 11.9 Å². The SMILES string of the molecule is CCOc1cc(/C=C2/SC(=Nc3ccc(C)cc3)N([C@@H](C)CC)C2=O)ccc1OCc1ccc(Cl)c(Cl)c1. The highest BCUT2D eigenvalue weighted by Gasteiger charge is 2.36. The van der Waals surface area contributed by atoms with E-state index in [2.05, 4.69) is 6.92 Å². The van der Waals surface area contributed by atoms with Crippen LogP contribution in [-0.4, -0.2) is 28.6 Å². The molecule has 0 N–H and O–H groups in total. The third-order valence-electron chi connectivity index (χ3n) is 6.07. The van der Waals surface area contributed by atoms with E-state index in [4.69, 9.17) is 37.7 Å². The van der Waals surface area contributed by atoms with Crippen LogP contribution in [0.5, 0.6) is 11.5 Å². The minimum atomic E-state index is -0.0480. The molecule has 1 aliphatic rings. The number of carbonyl (C=O) groups excluding carboxylic acids is 1. The first-order valence-electron chi connectivity index (χ1n) is 12.5. The van der Waals surface area contributed by atoms with Crippen molar-refractivity contribution in [1.82, 2.24) is 4.90 Å². The van der Waals surface area contributed by atoms with Crippen molar-refractivity contribution < 1.29 is 14.3 Å². The first-order chi connectivity index (χ1) is 18.3. The van der Waals surface area contributed by atoms with Crippen molar-refractivity contribution in [3.63, 3.8) is 0 Å². The summed E-state index contributed by atoms with van der Waals surface area (Å²) < 4.78 is 11.9. The molecule has 1 heterocycles. The number of carbonyl (C=O) groups is 1. The predicted molar refractivity (Wildman–Crippen MR) is 159 cm³/mol. The largest absolute Gasteiger partial charge is 0.490 e. The summed E-state index contributed by atoms with van der Waals surface area (Å²) in [7, 11) is 0. The molecule has 5 nitrogen and oxygen atoms in total. The molecule has 1 saturated heterocycles. The Morgan fingerprint density at radius 1 is 0.974 bits per heavy atom. The summed E-state index contributed by atoms with van der Waals surface area (Å²) in [6, 6.07) is 19.1. The minimum Gasteiger partial charge on any atom is -0.490 e. The number of benzene rings is 3. The summed E-state index contributed by atoms with van der Waals surface area (Å²) in [6.07, 6.45) is 2.71. The Morgan fingerprint density at radius 3 is 2.42 bits per heavy atom. The van der Waals surface area contributed by atoms with Gasteiger partial charge in [-0.25, -0.2) is 4.99 Å². The maximum Gasteiger partial charge on any atom is 0.266 e. The number of amidine groups is 1. The van der Waals surface area contributed by atoms with Gasteiger partial charge in [0.05, 0.1) is 27.2 Å². The van der Waals surface area contributed by atoms with Gasteiger partial charge in [-0.05, 0) is 92.6 Å². The van der Waals surface area contributed by atoms with Gasteiger partial charge >= 0.3 is 0 Å². The number of nitrogens with zero attached hydrogens (tertiary/aromatic N) is 2. The van der Waals surface area contributed by atoms with E-state index in [0.717, 1.165) is 28.8 Å². The van der Waals surface area contributed by atoms with E-state index in [9.17, 15) is 4.79 Å². The van der Waals surface area contributed by atoms with Gasteiger partial charge in [-0.1, -0.05) is 60.0 Å². The van der Waals surface area contributed by atoms with E-state index in [0.29, 0.717) is 44.8 Å². The van der Waals surface area contributed by atoms with Crippen LogP contribution in [0.4, 0.5) is 5.69 Å². The lowest BCUT2D eigenvalue weighted by molar-refractivity contribution is -0.123. The van der Waals surface area contributed by atoms with E-state index in [1.165, 1.54) is 11.8 Å². The van der Waals surface area contributed by atoms with Crippen molar-refractivity contribution in [2.24, 2.45) is 4.99 Å². The van der Waals surface area contributed by atoms with Gasteiger partial charge in [0.15, 0.2) is 16.7 Å². The van der Waals surface area contributed by atoms with E-state index >= 15 is 0 Å². The molecule has 0 spiro atoms. The Labute approximate surface area is 238 Å². The van der Waals surface area contributed by atoms with Crippen LogP contribution in [0.2, 0.25) is 10.0 Å². The van der Waals surface area contributed by atoms with Crippen molar-refractivity contribution in [1.29, 1.82) is 0 Å². The first-order valence-corrected chi connectivity index (χ1v) is 14.1. The molecular weight excluding hydrogens is 539 g/mol. The lowest BCUT2D eigenvalue weighted by Gasteiger charge is -2.22. The monoisotopic (exact) mass is 568 g/mol. The fraction of sp³-hybridized carbons (Fsp3) is 0.267. The maximum atomic E-state index is 13.4. The number of halogens is 2. The van der Waals surface area contributed by atoms with Gasteiger partial charge in [0, 0.05) is 6.04 Å². The molecule has 4 rings (SSSR count). The normalized spacial score (nSPS) is 16.4. The van der Waals surface area contributed by atoms with Crippen molar-refractivity contribution in [2.75, 3.05) is 6.61 Å². The maximum absolute atomic E-state index is 13.4. The molecular formula is C30H30Cl2N2O3S. The quantitative estimate of drug-likeness (QED) is 0.242.